The van der Waals surface area contributed by atoms with Crippen molar-refractivity contribution in [3.8, 4) is 0 Å². The zero-order chi connectivity index (χ0) is 11.8. The fourth-order valence-electron chi connectivity index (χ4n) is 2.91. The molecule has 0 radical (unpaired) electrons. The molecular formula is C13H22O3. The fourth-order valence-corrected chi connectivity index (χ4v) is 2.91. The van der Waals surface area contributed by atoms with Crippen LogP contribution in [0.4, 0.5) is 0 Å². The first-order valence-electron chi connectivity index (χ1n) is 6.45. The highest BCUT2D eigenvalue weighted by atomic mass is 16.7. The smallest absolute Gasteiger partial charge is 0.341 e. The van der Waals surface area contributed by atoms with Gasteiger partial charge in [-0.15, -0.1) is 0 Å². The van der Waals surface area contributed by atoms with Gasteiger partial charge in [0.1, 0.15) is 5.60 Å². The lowest BCUT2D eigenvalue weighted by Crippen LogP contribution is -2.35. The molecule has 92 valence electrons. The lowest BCUT2D eigenvalue weighted by molar-refractivity contribution is -0.149. The largest absolute Gasteiger partial charge is 0.464 e. The van der Waals surface area contributed by atoms with Crippen LogP contribution >= 0.6 is 0 Å². The van der Waals surface area contributed by atoms with Crippen molar-refractivity contribution < 1.29 is 14.3 Å². The number of hydrogen-bond donors (Lipinski definition) is 0. The van der Waals surface area contributed by atoms with E-state index in [9.17, 15) is 4.79 Å². The maximum Gasteiger partial charge on any atom is 0.341 e. The predicted octanol–water partition coefficient (Wildman–Crippen LogP) is 2.68. The Morgan fingerprint density at radius 2 is 2.12 bits per heavy atom. The van der Waals surface area contributed by atoms with Crippen molar-refractivity contribution in [1.82, 2.24) is 0 Å². The molecule has 0 amide bonds. The molecule has 0 aromatic carbocycles. The summed E-state index contributed by atoms with van der Waals surface area (Å²) in [6, 6.07) is 0. The van der Waals surface area contributed by atoms with Gasteiger partial charge in [-0.25, -0.2) is 4.79 Å². The van der Waals surface area contributed by atoms with Crippen LogP contribution in [-0.4, -0.2) is 23.8 Å². The number of hydrogen-bond acceptors (Lipinski definition) is 3. The lowest BCUT2D eigenvalue weighted by atomic mass is 9.75. The predicted molar refractivity (Wildman–Crippen MR) is 61.1 cm³/mol. The van der Waals surface area contributed by atoms with Crippen LogP contribution in [0.2, 0.25) is 0 Å². The van der Waals surface area contributed by atoms with Crippen molar-refractivity contribution in [3.05, 3.63) is 0 Å². The van der Waals surface area contributed by atoms with Crippen LogP contribution in [0.1, 0.15) is 52.9 Å². The molecule has 1 aliphatic heterocycles. The molecule has 0 N–H and O–H groups in total. The topological polar surface area (TPSA) is 38.8 Å². The average molecular weight is 226 g/mol. The third-order valence-electron chi connectivity index (χ3n) is 4.22. The second kappa shape index (κ2) is 4.02. The lowest BCUT2D eigenvalue weighted by Gasteiger charge is -2.28. The molecule has 0 bridgehead atoms. The van der Waals surface area contributed by atoms with Gasteiger partial charge in [0.2, 0.25) is 0 Å². The Morgan fingerprint density at radius 1 is 1.44 bits per heavy atom. The number of ether oxygens (including phenoxy) is 2. The van der Waals surface area contributed by atoms with Gasteiger partial charge in [0.25, 0.3) is 0 Å². The minimum absolute atomic E-state index is 0.167. The molecule has 2 unspecified atom stereocenters. The Balaban J connectivity index is 1.99. The Bertz CT molecular complexity index is 285. The van der Waals surface area contributed by atoms with E-state index in [1.807, 2.05) is 13.8 Å². The number of rotatable bonds is 5. The highest BCUT2D eigenvalue weighted by Crippen LogP contribution is 2.56. The number of carbonyl (C=O) groups excluding carboxylic acids is 1. The van der Waals surface area contributed by atoms with E-state index < -0.39 is 5.60 Å². The normalized spacial score (nSPS) is 37.9. The molecule has 0 aromatic rings. The average Bonchev–Trinajstić information content (AvgIpc) is 2.81. The van der Waals surface area contributed by atoms with Crippen LogP contribution in [0.5, 0.6) is 0 Å². The van der Waals surface area contributed by atoms with E-state index in [1.165, 1.54) is 19.3 Å². The summed E-state index contributed by atoms with van der Waals surface area (Å²) >= 11 is 0. The van der Waals surface area contributed by atoms with Crippen molar-refractivity contribution in [2.45, 2.75) is 64.1 Å². The molecule has 2 atom stereocenters. The van der Waals surface area contributed by atoms with Crippen molar-refractivity contribution in [2.75, 3.05) is 6.61 Å². The van der Waals surface area contributed by atoms with Crippen molar-refractivity contribution in [3.63, 3.8) is 0 Å². The van der Waals surface area contributed by atoms with Crippen molar-refractivity contribution >= 4 is 5.97 Å². The van der Waals surface area contributed by atoms with Crippen LogP contribution in [0, 0.1) is 5.92 Å². The summed E-state index contributed by atoms with van der Waals surface area (Å²) in [6.07, 6.45) is 5.65. The molecule has 2 aliphatic rings. The van der Waals surface area contributed by atoms with Gasteiger partial charge in [0.15, 0.2) is 5.60 Å². The fraction of sp³-hybridized carbons (Fsp3) is 0.923. The molecule has 2 rings (SSSR count). The standard InChI is InChI=1S/C13H22O3/c1-4-13(11(14)15-5-2)12(3,16-13)9-10-7-6-8-10/h10H,4-9H2,1-3H3. The second-order valence-electron chi connectivity index (χ2n) is 5.24. The quantitative estimate of drug-likeness (QED) is 0.534. The van der Waals surface area contributed by atoms with E-state index in [2.05, 4.69) is 6.92 Å². The van der Waals surface area contributed by atoms with E-state index in [0.717, 1.165) is 18.8 Å². The first kappa shape index (κ1) is 11.9. The molecule has 1 saturated heterocycles. The molecule has 1 aliphatic carbocycles. The summed E-state index contributed by atoms with van der Waals surface area (Å²) in [5.74, 6) is 0.590. The van der Waals surface area contributed by atoms with Gasteiger partial charge in [0, 0.05) is 0 Å². The van der Waals surface area contributed by atoms with Crippen molar-refractivity contribution in [2.24, 2.45) is 5.92 Å². The van der Waals surface area contributed by atoms with Crippen LogP contribution in [0.3, 0.4) is 0 Å². The van der Waals surface area contributed by atoms with E-state index in [4.69, 9.17) is 9.47 Å². The van der Waals surface area contributed by atoms with Crippen LogP contribution in [0.25, 0.3) is 0 Å². The molecule has 0 spiro atoms. The molecule has 16 heavy (non-hydrogen) atoms. The maximum absolute atomic E-state index is 11.9. The zero-order valence-corrected chi connectivity index (χ0v) is 10.5. The maximum atomic E-state index is 11.9. The van der Waals surface area contributed by atoms with E-state index in [0.29, 0.717) is 6.61 Å². The van der Waals surface area contributed by atoms with Gasteiger partial charge in [-0.3, -0.25) is 0 Å². The van der Waals surface area contributed by atoms with Crippen LogP contribution < -0.4 is 0 Å². The summed E-state index contributed by atoms with van der Waals surface area (Å²) in [5, 5.41) is 0. The summed E-state index contributed by atoms with van der Waals surface area (Å²) in [4.78, 5) is 11.9. The number of esters is 1. The summed E-state index contributed by atoms with van der Waals surface area (Å²) in [6.45, 7) is 6.34. The third-order valence-corrected chi connectivity index (χ3v) is 4.22. The molecule has 3 heteroatoms. The monoisotopic (exact) mass is 226 g/mol. The molecular weight excluding hydrogens is 204 g/mol. The zero-order valence-electron chi connectivity index (χ0n) is 10.5. The molecule has 3 nitrogen and oxygen atoms in total. The van der Waals surface area contributed by atoms with Gasteiger partial charge in [-0.2, -0.15) is 0 Å². The number of carbonyl (C=O) groups is 1. The van der Waals surface area contributed by atoms with Gasteiger partial charge >= 0.3 is 5.97 Å². The highest BCUT2D eigenvalue weighted by molar-refractivity contribution is 5.84. The minimum Gasteiger partial charge on any atom is -0.464 e. The van der Waals surface area contributed by atoms with Gasteiger partial charge < -0.3 is 9.47 Å². The Hall–Kier alpha value is -0.570. The van der Waals surface area contributed by atoms with Gasteiger partial charge in [0.05, 0.1) is 6.61 Å². The SMILES string of the molecule is CCOC(=O)C1(CC)OC1(C)CC1CCC1. The second-order valence-corrected chi connectivity index (χ2v) is 5.24. The Morgan fingerprint density at radius 3 is 2.56 bits per heavy atom. The molecule has 0 aromatic heterocycles. The molecule has 1 heterocycles. The number of epoxide rings is 1. The first-order chi connectivity index (χ1) is 7.58. The molecule has 1 saturated carbocycles. The first-order valence-corrected chi connectivity index (χ1v) is 6.45. The third kappa shape index (κ3) is 1.65. The Labute approximate surface area is 97.5 Å². The molecule has 2 fully saturated rings. The minimum atomic E-state index is -0.640. The Kier molecular flexibility index (Phi) is 2.99. The van der Waals surface area contributed by atoms with E-state index in [1.54, 1.807) is 0 Å². The van der Waals surface area contributed by atoms with Crippen LogP contribution in [-0.2, 0) is 14.3 Å². The van der Waals surface area contributed by atoms with Gasteiger partial charge in [-0.05, 0) is 32.6 Å². The highest BCUT2D eigenvalue weighted by Gasteiger charge is 2.71. The van der Waals surface area contributed by atoms with Gasteiger partial charge in [-0.1, -0.05) is 26.2 Å². The van der Waals surface area contributed by atoms with Crippen molar-refractivity contribution in [1.29, 1.82) is 0 Å². The summed E-state index contributed by atoms with van der Waals surface area (Å²) < 4.78 is 10.9. The summed E-state index contributed by atoms with van der Waals surface area (Å²) in [5.41, 5.74) is -0.905. The van der Waals surface area contributed by atoms with E-state index >= 15 is 0 Å². The summed E-state index contributed by atoms with van der Waals surface area (Å²) in [7, 11) is 0. The van der Waals surface area contributed by atoms with Crippen LogP contribution in [0.15, 0.2) is 0 Å². The van der Waals surface area contributed by atoms with E-state index in [-0.39, 0.29) is 11.6 Å².